The Morgan fingerprint density at radius 2 is 1.95 bits per heavy atom. The topological polar surface area (TPSA) is 71.1 Å². The first-order valence-electron chi connectivity index (χ1n) is 7.28. The van der Waals surface area contributed by atoms with Crippen LogP contribution in [0.4, 0.5) is 0 Å². The summed E-state index contributed by atoms with van der Waals surface area (Å²) in [5.41, 5.74) is 0. The van der Waals surface area contributed by atoms with Crippen LogP contribution in [0.2, 0.25) is 0 Å². The van der Waals surface area contributed by atoms with E-state index in [1.807, 2.05) is 34.6 Å². The highest BCUT2D eigenvalue weighted by atomic mass is 32.1. The van der Waals surface area contributed by atoms with Crippen molar-refractivity contribution in [1.82, 2.24) is 15.6 Å². The Bertz CT molecular complexity index is 483. The molecule has 0 saturated carbocycles. The van der Waals surface area contributed by atoms with Gasteiger partial charge in [-0.15, -0.1) is 11.3 Å². The summed E-state index contributed by atoms with van der Waals surface area (Å²) in [6, 6.07) is -0.495. The Hall–Kier alpha value is -1.43. The fourth-order valence-corrected chi connectivity index (χ4v) is 2.64. The van der Waals surface area contributed by atoms with Crippen LogP contribution in [0.25, 0.3) is 0 Å². The molecule has 0 saturated heterocycles. The fourth-order valence-electron chi connectivity index (χ4n) is 1.91. The minimum atomic E-state index is -0.495. The summed E-state index contributed by atoms with van der Waals surface area (Å²) in [5.74, 6) is 0.103. The number of aryl methyl sites for hydroxylation is 1. The van der Waals surface area contributed by atoms with Gasteiger partial charge in [0.05, 0.1) is 11.6 Å². The van der Waals surface area contributed by atoms with Crippen LogP contribution < -0.4 is 10.6 Å². The maximum absolute atomic E-state index is 12.2. The molecule has 1 rings (SSSR count). The van der Waals surface area contributed by atoms with E-state index >= 15 is 0 Å². The highest BCUT2D eigenvalue weighted by Gasteiger charge is 2.24. The molecule has 1 unspecified atom stereocenters. The van der Waals surface area contributed by atoms with Gasteiger partial charge in [0.25, 0.3) is 0 Å². The van der Waals surface area contributed by atoms with Gasteiger partial charge in [-0.1, -0.05) is 27.7 Å². The quantitative estimate of drug-likeness (QED) is 0.811. The molecule has 118 valence electrons. The second-order valence-corrected chi connectivity index (χ2v) is 7.27. The number of amides is 2. The Morgan fingerprint density at radius 3 is 2.43 bits per heavy atom. The van der Waals surface area contributed by atoms with Gasteiger partial charge in [-0.2, -0.15) is 0 Å². The zero-order valence-corrected chi connectivity index (χ0v) is 14.2. The standard InChI is InChI=1S/C15H25N3O2S/c1-9(2)6-13(19)18-14(10(3)4)15(20)17-8-12-7-16-11(5)21-12/h7,9-10,14H,6,8H2,1-5H3,(H,17,20)(H,18,19). The van der Waals surface area contributed by atoms with Crippen LogP contribution in [0.5, 0.6) is 0 Å². The molecule has 0 fully saturated rings. The van der Waals surface area contributed by atoms with Crippen LogP contribution in [-0.4, -0.2) is 22.8 Å². The monoisotopic (exact) mass is 311 g/mol. The number of carbonyl (C=O) groups excluding carboxylic acids is 2. The van der Waals surface area contributed by atoms with Crippen molar-refractivity contribution in [3.05, 3.63) is 16.1 Å². The molecular formula is C15H25N3O2S. The van der Waals surface area contributed by atoms with Crippen molar-refractivity contribution >= 4 is 23.2 Å². The number of nitrogens with one attached hydrogen (secondary N) is 2. The van der Waals surface area contributed by atoms with Crippen molar-refractivity contribution in [3.8, 4) is 0 Å². The first-order chi connectivity index (χ1) is 9.79. The number of aromatic nitrogens is 1. The van der Waals surface area contributed by atoms with Crippen molar-refractivity contribution in [2.75, 3.05) is 0 Å². The zero-order chi connectivity index (χ0) is 16.0. The van der Waals surface area contributed by atoms with Crippen LogP contribution in [0, 0.1) is 18.8 Å². The predicted octanol–water partition coefficient (Wildman–Crippen LogP) is 2.25. The van der Waals surface area contributed by atoms with Crippen molar-refractivity contribution in [2.45, 2.75) is 53.6 Å². The van der Waals surface area contributed by atoms with Crippen LogP contribution in [0.3, 0.4) is 0 Å². The third-order valence-corrected chi connectivity index (χ3v) is 3.88. The first-order valence-corrected chi connectivity index (χ1v) is 8.09. The zero-order valence-electron chi connectivity index (χ0n) is 13.4. The molecule has 0 spiro atoms. The summed E-state index contributed by atoms with van der Waals surface area (Å²) in [6.07, 6.45) is 2.20. The lowest BCUT2D eigenvalue weighted by Crippen LogP contribution is -2.49. The summed E-state index contributed by atoms with van der Waals surface area (Å²) in [5, 5.41) is 6.67. The average Bonchev–Trinajstić information content (AvgIpc) is 2.77. The number of nitrogens with zero attached hydrogens (tertiary/aromatic N) is 1. The normalized spacial score (nSPS) is 12.5. The summed E-state index contributed by atoms with van der Waals surface area (Å²) in [7, 11) is 0. The molecule has 0 radical (unpaired) electrons. The van der Waals surface area contributed by atoms with Crippen molar-refractivity contribution in [2.24, 2.45) is 11.8 Å². The molecule has 1 aromatic rings. The van der Waals surface area contributed by atoms with Gasteiger partial charge in [0.2, 0.25) is 11.8 Å². The molecule has 2 N–H and O–H groups in total. The summed E-state index contributed by atoms with van der Waals surface area (Å²) >= 11 is 1.56. The van der Waals surface area contributed by atoms with Gasteiger partial charge in [0.1, 0.15) is 6.04 Å². The van der Waals surface area contributed by atoms with Crippen LogP contribution in [0.1, 0.15) is 44.0 Å². The number of carbonyl (C=O) groups is 2. The van der Waals surface area contributed by atoms with E-state index in [1.165, 1.54) is 0 Å². The lowest BCUT2D eigenvalue weighted by molar-refractivity contribution is -0.130. The minimum Gasteiger partial charge on any atom is -0.349 e. The molecular weight excluding hydrogens is 286 g/mol. The average molecular weight is 311 g/mol. The van der Waals surface area contributed by atoms with Gasteiger partial charge in [0, 0.05) is 17.5 Å². The van der Waals surface area contributed by atoms with Gasteiger partial charge in [-0.3, -0.25) is 9.59 Å². The number of hydrogen-bond acceptors (Lipinski definition) is 4. The van der Waals surface area contributed by atoms with Crippen molar-refractivity contribution in [1.29, 1.82) is 0 Å². The first kappa shape index (κ1) is 17.6. The summed E-state index contributed by atoms with van der Waals surface area (Å²) < 4.78 is 0. The Balaban J connectivity index is 2.54. The number of thiazole rings is 1. The second kappa shape index (κ2) is 8.12. The third-order valence-electron chi connectivity index (χ3n) is 2.97. The van der Waals surface area contributed by atoms with Crippen molar-refractivity contribution in [3.63, 3.8) is 0 Å². The van der Waals surface area contributed by atoms with E-state index in [9.17, 15) is 9.59 Å². The van der Waals surface area contributed by atoms with E-state index < -0.39 is 6.04 Å². The van der Waals surface area contributed by atoms with Crippen molar-refractivity contribution < 1.29 is 9.59 Å². The maximum Gasteiger partial charge on any atom is 0.243 e. The molecule has 2 amide bonds. The molecule has 0 aliphatic heterocycles. The van der Waals surface area contributed by atoms with Crippen LogP contribution >= 0.6 is 11.3 Å². The van der Waals surface area contributed by atoms with E-state index in [2.05, 4.69) is 15.6 Å². The lowest BCUT2D eigenvalue weighted by Gasteiger charge is -2.22. The van der Waals surface area contributed by atoms with E-state index in [4.69, 9.17) is 0 Å². The van der Waals surface area contributed by atoms with Gasteiger partial charge in [0.15, 0.2) is 0 Å². The lowest BCUT2D eigenvalue weighted by atomic mass is 10.0. The Morgan fingerprint density at radius 1 is 1.29 bits per heavy atom. The van der Waals surface area contributed by atoms with E-state index in [-0.39, 0.29) is 23.7 Å². The molecule has 1 aromatic heterocycles. The summed E-state index contributed by atoms with van der Waals surface area (Å²) in [6.45, 7) is 10.2. The summed E-state index contributed by atoms with van der Waals surface area (Å²) in [4.78, 5) is 29.3. The smallest absolute Gasteiger partial charge is 0.243 e. The molecule has 1 heterocycles. The highest BCUT2D eigenvalue weighted by molar-refractivity contribution is 7.11. The maximum atomic E-state index is 12.2. The molecule has 0 aromatic carbocycles. The minimum absolute atomic E-state index is 0.0457. The highest BCUT2D eigenvalue weighted by Crippen LogP contribution is 2.11. The van der Waals surface area contributed by atoms with Gasteiger partial charge >= 0.3 is 0 Å². The molecule has 0 aliphatic carbocycles. The molecule has 6 heteroatoms. The number of hydrogen-bond donors (Lipinski definition) is 2. The van der Waals surface area contributed by atoms with Crippen LogP contribution in [0.15, 0.2) is 6.20 Å². The molecule has 1 atom stereocenters. The van der Waals surface area contributed by atoms with E-state index in [0.29, 0.717) is 13.0 Å². The number of rotatable bonds is 7. The SMILES string of the molecule is Cc1ncc(CNC(=O)C(NC(=O)CC(C)C)C(C)C)s1. The Kier molecular flexibility index (Phi) is 6.81. The van der Waals surface area contributed by atoms with Gasteiger partial charge in [-0.25, -0.2) is 4.98 Å². The Labute approximate surface area is 130 Å². The van der Waals surface area contributed by atoms with Gasteiger partial charge < -0.3 is 10.6 Å². The van der Waals surface area contributed by atoms with E-state index in [1.54, 1.807) is 17.5 Å². The third kappa shape index (κ3) is 6.25. The van der Waals surface area contributed by atoms with Gasteiger partial charge in [-0.05, 0) is 18.8 Å². The molecule has 0 aliphatic rings. The molecule has 0 bridgehead atoms. The van der Waals surface area contributed by atoms with Crippen LogP contribution in [-0.2, 0) is 16.1 Å². The molecule has 5 nitrogen and oxygen atoms in total. The fraction of sp³-hybridized carbons (Fsp3) is 0.667. The predicted molar refractivity (Wildman–Crippen MR) is 84.9 cm³/mol. The molecule has 21 heavy (non-hydrogen) atoms. The largest absolute Gasteiger partial charge is 0.349 e. The second-order valence-electron chi connectivity index (χ2n) is 5.95. The van der Waals surface area contributed by atoms with E-state index in [0.717, 1.165) is 9.88 Å².